The van der Waals surface area contributed by atoms with Gasteiger partial charge in [-0.25, -0.2) is 0 Å². The Morgan fingerprint density at radius 2 is 1.91 bits per heavy atom. The minimum absolute atomic E-state index is 0.374. The summed E-state index contributed by atoms with van der Waals surface area (Å²) in [5.74, 6) is 0. The quantitative estimate of drug-likeness (QED) is 0.524. The summed E-state index contributed by atoms with van der Waals surface area (Å²) in [6, 6.07) is 0. The van der Waals surface area contributed by atoms with Gasteiger partial charge in [-0.05, 0) is 22.3 Å². The lowest BCUT2D eigenvalue weighted by atomic mass is 9.90. The Hall–Kier alpha value is 0.210. The van der Waals surface area contributed by atoms with Crippen molar-refractivity contribution in [2.24, 2.45) is 5.41 Å². The topological polar surface area (TPSA) is 0 Å². The van der Waals surface area contributed by atoms with Gasteiger partial charge in [0.1, 0.15) is 0 Å². The van der Waals surface area contributed by atoms with Gasteiger partial charge in [-0.15, -0.1) is 0 Å². The molecule has 0 amide bonds. The first-order chi connectivity index (χ1) is 5.12. The molecule has 0 saturated carbocycles. The highest BCUT2D eigenvalue weighted by atomic mass is 127. The van der Waals surface area contributed by atoms with Gasteiger partial charge in [0.15, 0.2) is 0 Å². The lowest BCUT2D eigenvalue weighted by molar-refractivity contribution is 0.461. The molecule has 1 heteroatoms. The van der Waals surface area contributed by atoms with E-state index < -0.39 is 0 Å². The maximum Gasteiger partial charge on any atom is -0.0161 e. The molecule has 0 nitrogen and oxygen atoms in total. The molecule has 0 radical (unpaired) electrons. The van der Waals surface area contributed by atoms with Gasteiger partial charge in [0.2, 0.25) is 0 Å². The second kappa shape index (κ2) is 5.81. The van der Waals surface area contributed by atoms with Crippen LogP contribution >= 0.6 is 22.6 Å². The fourth-order valence-electron chi connectivity index (χ4n) is 0.635. The first kappa shape index (κ1) is 11.2. The van der Waals surface area contributed by atoms with Gasteiger partial charge in [-0.3, -0.25) is 0 Å². The second-order valence-corrected chi connectivity index (χ2v) is 4.06. The second-order valence-electron chi connectivity index (χ2n) is 3.34. The van der Waals surface area contributed by atoms with Crippen LogP contribution in [-0.2, 0) is 0 Å². The Morgan fingerprint density at radius 3 is 2.36 bits per heavy atom. The highest BCUT2D eigenvalue weighted by molar-refractivity contribution is 14.1. The van der Waals surface area contributed by atoms with Crippen LogP contribution in [0.15, 0.2) is 22.3 Å². The number of allylic oxidation sites excluding steroid dienone is 3. The molecule has 0 bridgehead atoms. The van der Waals surface area contributed by atoms with Gasteiger partial charge < -0.3 is 0 Å². The monoisotopic (exact) mass is 264 g/mol. The minimum Gasteiger partial charge on any atom is -0.0842 e. The van der Waals surface area contributed by atoms with E-state index in [0.29, 0.717) is 5.41 Å². The fourth-order valence-corrected chi connectivity index (χ4v) is 0.929. The highest BCUT2D eigenvalue weighted by Crippen LogP contribution is 2.21. The fraction of sp³-hybridized carbons (Fsp3) is 0.600. The standard InChI is InChI=1S/C10H17I/c1-4-10(2,3)8-6-5-7-9-11/h6-9H,4-5H2,1-3H3. The molecule has 0 unspecified atom stereocenters. The number of hydrogen-bond donors (Lipinski definition) is 0. The van der Waals surface area contributed by atoms with E-state index >= 15 is 0 Å². The van der Waals surface area contributed by atoms with Gasteiger partial charge >= 0.3 is 0 Å². The van der Waals surface area contributed by atoms with E-state index in [1.807, 2.05) is 0 Å². The molecule has 0 aliphatic rings. The lowest BCUT2D eigenvalue weighted by Gasteiger charge is -2.16. The molecular formula is C10H17I. The summed E-state index contributed by atoms with van der Waals surface area (Å²) in [6.07, 6.45) is 8.95. The van der Waals surface area contributed by atoms with Gasteiger partial charge in [0, 0.05) is 0 Å². The third-order valence-electron chi connectivity index (χ3n) is 1.84. The van der Waals surface area contributed by atoms with Crippen LogP contribution < -0.4 is 0 Å². The predicted molar refractivity (Wildman–Crippen MR) is 61.0 cm³/mol. The Kier molecular flexibility index (Phi) is 5.92. The summed E-state index contributed by atoms with van der Waals surface area (Å²) in [6.45, 7) is 6.74. The van der Waals surface area contributed by atoms with Crippen molar-refractivity contribution in [1.82, 2.24) is 0 Å². The molecule has 64 valence electrons. The SMILES string of the molecule is CCC(C)(C)C=CCC=CI. The smallest absolute Gasteiger partial charge is 0.0161 e. The van der Waals surface area contributed by atoms with Crippen molar-refractivity contribution >= 4 is 22.6 Å². The number of halogens is 1. The normalized spacial score (nSPS) is 13.5. The summed E-state index contributed by atoms with van der Waals surface area (Å²) in [7, 11) is 0. The molecule has 0 fully saturated rings. The Morgan fingerprint density at radius 1 is 1.27 bits per heavy atom. The van der Waals surface area contributed by atoms with Crippen molar-refractivity contribution < 1.29 is 0 Å². The molecule has 0 aliphatic carbocycles. The van der Waals surface area contributed by atoms with Crippen molar-refractivity contribution in [1.29, 1.82) is 0 Å². The molecule has 0 spiro atoms. The van der Waals surface area contributed by atoms with Crippen molar-refractivity contribution in [2.75, 3.05) is 0 Å². The Labute approximate surface area is 83.9 Å². The van der Waals surface area contributed by atoms with E-state index in [9.17, 15) is 0 Å². The van der Waals surface area contributed by atoms with Crippen LogP contribution in [0.1, 0.15) is 33.6 Å². The minimum atomic E-state index is 0.374. The van der Waals surface area contributed by atoms with Gasteiger partial charge in [0.25, 0.3) is 0 Å². The molecule has 0 heterocycles. The number of rotatable bonds is 4. The molecule has 0 rings (SSSR count). The van der Waals surface area contributed by atoms with Crippen molar-refractivity contribution in [3.05, 3.63) is 22.3 Å². The average molecular weight is 264 g/mol. The average Bonchev–Trinajstić information content (AvgIpc) is 1.99. The van der Waals surface area contributed by atoms with Crippen LogP contribution in [0, 0.1) is 5.41 Å². The largest absolute Gasteiger partial charge is 0.0842 e. The van der Waals surface area contributed by atoms with Crippen molar-refractivity contribution in [3.63, 3.8) is 0 Å². The number of hydrogen-bond acceptors (Lipinski definition) is 0. The van der Waals surface area contributed by atoms with E-state index in [0.717, 1.165) is 6.42 Å². The summed E-state index contributed by atoms with van der Waals surface area (Å²) < 4.78 is 2.06. The maximum absolute atomic E-state index is 2.30. The third-order valence-corrected chi connectivity index (χ3v) is 2.35. The van der Waals surface area contributed by atoms with Crippen LogP contribution in [0.5, 0.6) is 0 Å². The molecule has 0 aromatic heterocycles. The molecule has 11 heavy (non-hydrogen) atoms. The molecule has 0 N–H and O–H groups in total. The van der Waals surface area contributed by atoms with Crippen molar-refractivity contribution in [2.45, 2.75) is 33.6 Å². The maximum atomic E-state index is 2.30. The molecule has 0 aromatic carbocycles. The predicted octanol–water partition coefficient (Wildman–Crippen LogP) is 4.32. The zero-order valence-electron chi connectivity index (χ0n) is 7.60. The molecule has 0 aliphatic heterocycles. The van der Waals surface area contributed by atoms with Crippen LogP contribution in [0.3, 0.4) is 0 Å². The molecule has 0 aromatic rings. The first-order valence-electron chi connectivity index (χ1n) is 4.05. The van der Waals surface area contributed by atoms with Crippen LogP contribution in [-0.4, -0.2) is 0 Å². The van der Waals surface area contributed by atoms with Crippen LogP contribution in [0.2, 0.25) is 0 Å². The molecule has 0 atom stereocenters. The van der Waals surface area contributed by atoms with Crippen LogP contribution in [0.4, 0.5) is 0 Å². The van der Waals surface area contributed by atoms with E-state index in [1.165, 1.54) is 6.42 Å². The lowest BCUT2D eigenvalue weighted by Crippen LogP contribution is -2.03. The molecule has 0 saturated heterocycles. The highest BCUT2D eigenvalue weighted by Gasteiger charge is 2.08. The van der Waals surface area contributed by atoms with E-state index in [4.69, 9.17) is 0 Å². The van der Waals surface area contributed by atoms with Gasteiger partial charge in [0.05, 0.1) is 0 Å². The third kappa shape index (κ3) is 6.60. The Balaban J connectivity index is 3.72. The summed E-state index contributed by atoms with van der Waals surface area (Å²) in [5, 5.41) is 0. The van der Waals surface area contributed by atoms with Gasteiger partial charge in [-0.1, -0.05) is 61.6 Å². The van der Waals surface area contributed by atoms with Crippen LogP contribution in [0.25, 0.3) is 0 Å². The summed E-state index contributed by atoms with van der Waals surface area (Å²) in [5.41, 5.74) is 0.374. The Bertz CT molecular complexity index is 143. The van der Waals surface area contributed by atoms with E-state index in [1.54, 1.807) is 0 Å². The van der Waals surface area contributed by atoms with E-state index in [2.05, 4.69) is 65.7 Å². The summed E-state index contributed by atoms with van der Waals surface area (Å²) in [4.78, 5) is 0. The molecular weight excluding hydrogens is 247 g/mol. The van der Waals surface area contributed by atoms with E-state index in [-0.39, 0.29) is 0 Å². The zero-order chi connectivity index (χ0) is 8.74. The van der Waals surface area contributed by atoms with Crippen molar-refractivity contribution in [3.8, 4) is 0 Å². The van der Waals surface area contributed by atoms with Gasteiger partial charge in [-0.2, -0.15) is 0 Å². The first-order valence-corrected chi connectivity index (χ1v) is 5.30. The summed E-state index contributed by atoms with van der Waals surface area (Å²) >= 11 is 2.24. The zero-order valence-corrected chi connectivity index (χ0v) is 9.76.